The molecule has 0 spiro atoms. The second kappa shape index (κ2) is 8.63. The van der Waals surface area contributed by atoms with Crippen LogP contribution in [0, 0.1) is 5.92 Å². The van der Waals surface area contributed by atoms with Gasteiger partial charge in [-0.1, -0.05) is 44.0 Å². The second-order valence-electron chi connectivity index (χ2n) is 5.11. The number of nitrogens with one attached hydrogen (secondary N) is 1. The highest BCUT2D eigenvalue weighted by Crippen LogP contribution is 2.29. The van der Waals surface area contributed by atoms with Crippen molar-refractivity contribution >= 4 is 23.5 Å². The van der Waals surface area contributed by atoms with Gasteiger partial charge in [0.1, 0.15) is 11.8 Å². The number of benzene rings is 1. The third kappa shape index (κ3) is 4.91. The van der Waals surface area contributed by atoms with Crippen molar-refractivity contribution in [2.45, 2.75) is 39.7 Å². The van der Waals surface area contributed by atoms with Crippen LogP contribution in [0.3, 0.4) is 0 Å². The van der Waals surface area contributed by atoms with E-state index in [4.69, 9.17) is 16.3 Å². The fourth-order valence-corrected chi connectivity index (χ4v) is 2.33. The molecule has 1 amide bonds. The van der Waals surface area contributed by atoms with Crippen molar-refractivity contribution in [3.8, 4) is 5.75 Å². The molecule has 0 saturated carbocycles. The van der Waals surface area contributed by atoms with Gasteiger partial charge >= 0.3 is 5.97 Å². The molecule has 0 saturated heterocycles. The minimum atomic E-state index is -1.03. The summed E-state index contributed by atoms with van der Waals surface area (Å²) in [5, 5.41) is 12.2. The molecule has 6 heteroatoms. The quantitative estimate of drug-likeness (QED) is 0.769. The average Bonchev–Trinajstić information content (AvgIpc) is 2.47. The zero-order valence-electron chi connectivity index (χ0n) is 13.1. The number of carboxylic acids is 1. The van der Waals surface area contributed by atoms with Crippen LogP contribution in [-0.4, -0.2) is 29.6 Å². The summed E-state index contributed by atoms with van der Waals surface area (Å²) in [4.78, 5) is 23.4. The minimum absolute atomic E-state index is 0.0239. The fraction of sp³-hybridized carbons (Fsp3) is 0.500. The SMILES string of the molecule is CCOc1c(Cl)cccc1CC(=O)N[C@H](C(=O)O)[C@@H](C)CC. The molecule has 5 nitrogen and oxygen atoms in total. The molecular formula is C16H22ClNO4. The summed E-state index contributed by atoms with van der Waals surface area (Å²) in [5.41, 5.74) is 0.639. The average molecular weight is 328 g/mol. The zero-order valence-corrected chi connectivity index (χ0v) is 13.8. The number of halogens is 1. The molecule has 0 aliphatic rings. The monoisotopic (exact) mass is 327 g/mol. The summed E-state index contributed by atoms with van der Waals surface area (Å²) in [5.74, 6) is -1.07. The number of amides is 1. The number of para-hydroxylation sites is 1. The van der Waals surface area contributed by atoms with Crippen molar-refractivity contribution in [2.75, 3.05) is 6.61 Å². The molecule has 1 aromatic carbocycles. The van der Waals surface area contributed by atoms with E-state index >= 15 is 0 Å². The van der Waals surface area contributed by atoms with Crippen LogP contribution in [-0.2, 0) is 16.0 Å². The van der Waals surface area contributed by atoms with Gasteiger partial charge in [0.2, 0.25) is 5.91 Å². The maximum absolute atomic E-state index is 12.1. The summed E-state index contributed by atoms with van der Waals surface area (Å²) in [6, 6.07) is 4.27. The molecule has 0 radical (unpaired) electrons. The van der Waals surface area contributed by atoms with Gasteiger partial charge in [-0.2, -0.15) is 0 Å². The number of carbonyl (C=O) groups is 2. The van der Waals surface area contributed by atoms with Crippen molar-refractivity contribution < 1.29 is 19.4 Å². The largest absolute Gasteiger partial charge is 0.492 e. The highest BCUT2D eigenvalue weighted by Gasteiger charge is 2.25. The fourth-order valence-electron chi connectivity index (χ4n) is 2.08. The van der Waals surface area contributed by atoms with E-state index in [9.17, 15) is 14.7 Å². The molecule has 0 heterocycles. The Labute approximate surface area is 135 Å². The molecule has 0 fully saturated rings. The molecular weight excluding hydrogens is 306 g/mol. The summed E-state index contributed by atoms with van der Waals surface area (Å²) >= 11 is 6.07. The van der Waals surface area contributed by atoms with E-state index in [0.717, 1.165) is 0 Å². The summed E-state index contributed by atoms with van der Waals surface area (Å²) < 4.78 is 5.46. The number of carbonyl (C=O) groups excluding carboxylic acids is 1. The topological polar surface area (TPSA) is 75.6 Å². The summed E-state index contributed by atoms with van der Waals surface area (Å²) in [6.45, 7) is 5.94. The molecule has 0 aliphatic carbocycles. The maximum atomic E-state index is 12.1. The summed E-state index contributed by atoms with van der Waals surface area (Å²) in [6.07, 6.45) is 0.689. The van der Waals surface area contributed by atoms with Crippen LogP contribution in [0.2, 0.25) is 5.02 Å². The lowest BCUT2D eigenvalue weighted by Gasteiger charge is -2.20. The Morgan fingerprint density at radius 1 is 1.36 bits per heavy atom. The van der Waals surface area contributed by atoms with Crippen molar-refractivity contribution in [2.24, 2.45) is 5.92 Å². The molecule has 0 bridgehead atoms. The van der Waals surface area contributed by atoms with Gasteiger partial charge in [0.25, 0.3) is 0 Å². The van der Waals surface area contributed by atoms with Crippen molar-refractivity contribution in [1.82, 2.24) is 5.32 Å². The van der Waals surface area contributed by atoms with Crippen LogP contribution in [0.15, 0.2) is 18.2 Å². The lowest BCUT2D eigenvalue weighted by molar-refractivity contribution is -0.143. The molecule has 2 atom stereocenters. The standard InChI is InChI=1S/C16H22ClNO4/c1-4-10(3)14(16(20)21)18-13(19)9-11-7-6-8-12(17)15(11)22-5-2/h6-8,10,14H,4-5,9H2,1-3H3,(H,18,19)(H,20,21)/t10-,14-/m0/s1. The maximum Gasteiger partial charge on any atom is 0.326 e. The van der Waals surface area contributed by atoms with Gasteiger partial charge in [0, 0.05) is 5.56 Å². The summed E-state index contributed by atoms with van der Waals surface area (Å²) in [7, 11) is 0. The van der Waals surface area contributed by atoms with E-state index in [2.05, 4.69) is 5.32 Å². The number of ether oxygens (including phenoxy) is 1. The number of carboxylic acid groups (broad SMARTS) is 1. The molecule has 1 rings (SSSR count). The van der Waals surface area contributed by atoms with Gasteiger partial charge in [-0.3, -0.25) is 4.79 Å². The van der Waals surface area contributed by atoms with E-state index in [0.29, 0.717) is 29.4 Å². The van der Waals surface area contributed by atoms with Crippen molar-refractivity contribution in [1.29, 1.82) is 0 Å². The highest BCUT2D eigenvalue weighted by atomic mass is 35.5. The highest BCUT2D eigenvalue weighted by molar-refractivity contribution is 6.32. The van der Waals surface area contributed by atoms with E-state index in [1.807, 2.05) is 13.8 Å². The van der Waals surface area contributed by atoms with Gasteiger partial charge in [0.05, 0.1) is 18.1 Å². The Bertz CT molecular complexity index is 533. The Morgan fingerprint density at radius 2 is 2.05 bits per heavy atom. The van der Waals surface area contributed by atoms with E-state index in [-0.39, 0.29) is 18.2 Å². The molecule has 0 aromatic heterocycles. The Morgan fingerprint density at radius 3 is 2.59 bits per heavy atom. The van der Waals surface area contributed by atoms with Crippen LogP contribution >= 0.6 is 11.6 Å². The molecule has 122 valence electrons. The van der Waals surface area contributed by atoms with Crippen LogP contribution in [0.4, 0.5) is 0 Å². The van der Waals surface area contributed by atoms with Gasteiger partial charge < -0.3 is 15.2 Å². The Balaban J connectivity index is 2.84. The Hall–Kier alpha value is -1.75. The first-order chi connectivity index (χ1) is 10.4. The zero-order chi connectivity index (χ0) is 16.7. The molecule has 2 N–H and O–H groups in total. The second-order valence-corrected chi connectivity index (χ2v) is 5.51. The van der Waals surface area contributed by atoms with Gasteiger partial charge in [-0.05, 0) is 18.9 Å². The van der Waals surface area contributed by atoms with Crippen LogP contribution in [0.1, 0.15) is 32.8 Å². The number of rotatable bonds is 8. The lowest BCUT2D eigenvalue weighted by Crippen LogP contribution is -2.45. The normalized spacial score (nSPS) is 13.3. The third-order valence-corrected chi connectivity index (χ3v) is 3.78. The smallest absolute Gasteiger partial charge is 0.326 e. The van der Waals surface area contributed by atoms with E-state index in [1.54, 1.807) is 25.1 Å². The Kier molecular flexibility index (Phi) is 7.18. The third-order valence-electron chi connectivity index (χ3n) is 3.48. The van der Waals surface area contributed by atoms with E-state index < -0.39 is 12.0 Å². The number of hydrogen-bond acceptors (Lipinski definition) is 3. The molecule has 22 heavy (non-hydrogen) atoms. The predicted octanol–water partition coefficient (Wildman–Crippen LogP) is 2.90. The lowest BCUT2D eigenvalue weighted by atomic mass is 9.99. The first-order valence-electron chi connectivity index (χ1n) is 7.33. The molecule has 0 aliphatic heterocycles. The predicted molar refractivity (Wildman–Crippen MR) is 85.3 cm³/mol. The number of aliphatic carboxylic acids is 1. The first-order valence-corrected chi connectivity index (χ1v) is 7.70. The number of hydrogen-bond donors (Lipinski definition) is 2. The molecule has 1 aromatic rings. The van der Waals surface area contributed by atoms with E-state index in [1.165, 1.54) is 0 Å². The van der Waals surface area contributed by atoms with Crippen molar-refractivity contribution in [3.63, 3.8) is 0 Å². The van der Waals surface area contributed by atoms with Gasteiger partial charge in [-0.25, -0.2) is 4.79 Å². The molecule has 0 unspecified atom stereocenters. The van der Waals surface area contributed by atoms with Crippen LogP contribution in [0.5, 0.6) is 5.75 Å². The first kappa shape index (κ1) is 18.3. The van der Waals surface area contributed by atoms with Gasteiger partial charge in [0.15, 0.2) is 0 Å². The van der Waals surface area contributed by atoms with Crippen LogP contribution < -0.4 is 10.1 Å². The van der Waals surface area contributed by atoms with Crippen molar-refractivity contribution in [3.05, 3.63) is 28.8 Å². The minimum Gasteiger partial charge on any atom is -0.492 e. The van der Waals surface area contributed by atoms with Gasteiger partial charge in [-0.15, -0.1) is 0 Å². The van der Waals surface area contributed by atoms with Crippen LogP contribution in [0.25, 0.3) is 0 Å².